The number of hydrogen-bond acceptors (Lipinski definition) is 5. The van der Waals surface area contributed by atoms with Crippen LogP contribution in [0.2, 0.25) is 0 Å². The van der Waals surface area contributed by atoms with Crippen LogP contribution in [0.4, 0.5) is 5.13 Å². The number of nitrogens with zero attached hydrogens (tertiary/aromatic N) is 3. The molecule has 4 rings (SSSR count). The summed E-state index contributed by atoms with van der Waals surface area (Å²) in [5, 5.41) is 0.766. The Labute approximate surface area is 150 Å². The molecule has 2 N–H and O–H groups in total. The number of primary amides is 1. The second-order valence-corrected chi connectivity index (χ2v) is 7.88. The van der Waals surface area contributed by atoms with Gasteiger partial charge in [0.1, 0.15) is 11.7 Å². The van der Waals surface area contributed by atoms with Gasteiger partial charge in [0.15, 0.2) is 5.13 Å². The summed E-state index contributed by atoms with van der Waals surface area (Å²) in [4.78, 5) is 34.0. The first-order valence-electron chi connectivity index (χ1n) is 8.31. The van der Waals surface area contributed by atoms with Crippen molar-refractivity contribution in [1.29, 1.82) is 0 Å². The molecular weight excluding hydrogens is 336 g/mol. The fraction of sp³-hybridized carbons (Fsp3) is 0.389. The summed E-state index contributed by atoms with van der Waals surface area (Å²) < 4.78 is 0. The number of fused-ring (bicyclic) bond motifs is 1. The molecule has 1 aromatic heterocycles. The van der Waals surface area contributed by atoms with Crippen molar-refractivity contribution in [2.45, 2.75) is 12.5 Å². The maximum Gasteiger partial charge on any atom is 0.274 e. The van der Waals surface area contributed by atoms with Crippen LogP contribution in [-0.4, -0.2) is 48.4 Å². The van der Waals surface area contributed by atoms with Crippen LogP contribution < -0.4 is 10.6 Å². The molecule has 7 heteroatoms. The van der Waals surface area contributed by atoms with Crippen LogP contribution in [0.1, 0.15) is 16.9 Å². The third kappa shape index (κ3) is 2.68. The number of rotatable bonds is 4. The van der Waals surface area contributed by atoms with Gasteiger partial charge in [-0.05, 0) is 23.8 Å². The average Bonchev–Trinajstić information content (AvgIpc) is 3.06. The maximum atomic E-state index is 13.2. The van der Waals surface area contributed by atoms with E-state index in [1.165, 1.54) is 11.3 Å². The summed E-state index contributed by atoms with van der Waals surface area (Å²) in [5.74, 6) is 0.0315. The minimum atomic E-state index is -0.495. The maximum absolute atomic E-state index is 13.2. The molecule has 2 aromatic rings. The second-order valence-electron chi connectivity index (χ2n) is 6.90. The van der Waals surface area contributed by atoms with Crippen molar-refractivity contribution in [3.63, 3.8) is 0 Å². The lowest BCUT2D eigenvalue weighted by Gasteiger charge is -2.24. The van der Waals surface area contributed by atoms with Crippen molar-refractivity contribution in [3.05, 3.63) is 36.0 Å². The number of anilines is 1. The predicted octanol–water partition coefficient (Wildman–Crippen LogP) is 1.82. The number of benzene rings is 1. The summed E-state index contributed by atoms with van der Waals surface area (Å²) in [7, 11) is 3.80. The van der Waals surface area contributed by atoms with Gasteiger partial charge in [-0.2, -0.15) is 0 Å². The molecule has 25 heavy (non-hydrogen) atoms. The zero-order chi connectivity index (χ0) is 17.7. The molecule has 1 saturated heterocycles. The van der Waals surface area contributed by atoms with E-state index in [0.717, 1.165) is 22.0 Å². The van der Waals surface area contributed by atoms with Crippen molar-refractivity contribution in [3.8, 4) is 10.4 Å². The van der Waals surface area contributed by atoms with Gasteiger partial charge in [0, 0.05) is 20.6 Å². The molecule has 6 nitrogen and oxygen atoms in total. The zero-order valence-corrected chi connectivity index (χ0v) is 15.0. The highest BCUT2D eigenvalue weighted by Crippen LogP contribution is 2.50. The molecule has 2 heterocycles. The van der Waals surface area contributed by atoms with Crippen molar-refractivity contribution in [2.24, 2.45) is 17.6 Å². The van der Waals surface area contributed by atoms with Crippen LogP contribution in [0.3, 0.4) is 0 Å². The van der Waals surface area contributed by atoms with Gasteiger partial charge in [0.2, 0.25) is 5.91 Å². The molecule has 1 aliphatic heterocycles. The lowest BCUT2D eigenvalue weighted by molar-refractivity contribution is -0.122. The van der Waals surface area contributed by atoms with Gasteiger partial charge in [-0.25, -0.2) is 4.98 Å². The van der Waals surface area contributed by atoms with Crippen molar-refractivity contribution in [2.75, 3.05) is 25.5 Å². The number of hydrogen-bond donors (Lipinski definition) is 1. The lowest BCUT2D eigenvalue weighted by Crippen LogP contribution is -2.46. The van der Waals surface area contributed by atoms with E-state index in [1.807, 2.05) is 49.3 Å². The van der Waals surface area contributed by atoms with Gasteiger partial charge >= 0.3 is 0 Å². The third-order valence-corrected chi connectivity index (χ3v) is 6.21. The molecule has 2 fully saturated rings. The van der Waals surface area contributed by atoms with Gasteiger partial charge in [0.05, 0.1) is 4.88 Å². The summed E-state index contributed by atoms with van der Waals surface area (Å²) in [6.45, 7) is 0.597. The molecule has 2 aliphatic rings. The van der Waals surface area contributed by atoms with Crippen molar-refractivity contribution >= 4 is 28.3 Å². The van der Waals surface area contributed by atoms with E-state index in [0.29, 0.717) is 18.2 Å². The summed E-state index contributed by atoms with van der Waals surface area (Å²) in [6.07, 6.45) is 0.989. The van der Waals surface area contributed by atoms with Crippen molar-refractivity contribution in [1.82, 2.24) is 9.88 Å². The average molecular weight is 356 g/mol. The number of thiazole rings is 1. The van der Waals surface area contributed by atoms with E-state index in [4.69, 9.17) is 5.73 Å². The normalized spacial score (nSPS) is 24.1. The highest BCUT2D eigenvalue weighted by atomic mass is 32.1. The Balaban J connectivity index is 1.74. The standard InChI is InChI=1S/C18H20N4O2S/c1-21(2)18-20-13(15(25-18)10-6-4-3-5-7-10)17(24)22-9-11-8-12(11)14(22)16(19)23/h3-7,11-12,14H,8-9H2,1-2H3,(H2,19,23)/t11-,12-,14-/m0/s1. The monoisotopic (exact) mass is 356 g/mol. The van der Waals surface area contributed by atoms with E-state index in [1.54, 1.807) is 4.90 Å². The SMILES string of the molecule is CN(C)c1nc(C(=O)N2C[C@@H]3C[C@@H]3[C@H]2C(N)=O)c(-c2ccccc2)s1. The van der Waals surface area contributed by atoms with E-state index in [2.05, 4.69) is 4.98 Å². The predicted molar refractivity (Wildman–Crippen MR) is 97.5 cm³/mol. The number of aromatic nitrogens is 1. The molecule has 130 valence electrons. The fourth-order valence-electron chi connectivity index (χ4n) is 3.61. The Morgan fingerprint density at radius 1 is 1.28 bits per heavy atom. The van der Waals surface area contributed by atoms with E-state index in [-0.39, 0.29) is 11.8 Å². The first-order valence-corrected chi connectivity index (χ1v) is 9.13. The number of amides is 2. The molecule has 1 aliphatic carbocycles. The van der Waals surface area contributed by atoms with Gasteiger partial charge in [-0.1, -0.05) is 41.7 Å². The minimum absolute atomic E-state index is 0.195. The molecule has 0 radical (unpaired) electrons. The summed E-state index contributed by atoms with van der Waals surface area (Å²) >= 11 is 1.48. The highest BCUT2D eigenvalue weighted by molar-refractivity contribution is 7.19. The molecule has 3 atom stereocenters. The second kappa shape index (κ2) is 5.84. The molecule has 2 amide bonds. The van der Waals surface area contributed by atoms with Crippen LogP contribution in [-0.2, 0) is 4.79 Å². The summed E-state index contributed by atoms with van der Waals surface area (Å²) in [6, 6.07) is 9.26. The van der Waals surface area contributed by atoms with Gasteiger partial charge in [-0.3, -0.25) is 9.59 Å². The number of carbonyl (C=O) groups excluding carboxylic acids is 2. The van der Waals surface area contributed by atoms with Gasteiger partial charge in [-0.15, -0.1) is 0 Å². The minimum Gasteiger partial charge on any atom is -0.368 e. The fourth-order valence-corrected chi connectivity index (χ4v) is 4.59. The first-order chi connectivity index (χ1) is 12.0. The quantitative estimate of drug-likeness (QED) is 0.906. The third-order valence-electron chi connectivity index (χ3n) is 4.94. The molecule has 1 saturated carbocycles. The Kier molecular flexibility index (Phi) is 3.76. The van der Waals surface area contributed by atoms with Crippen LogP contribution >= 0.6 is 11.3 Å². The van der Waals surface area contributed by atoms with Crippen LogP contribution in [0.15, 0.2) is 30.3 Å². The van der Waals surface area contributed by atoms with E-state index < -0.39 is 11.9 Å². The van der Waals surface area contributed by atoms with Crippen LogP contribution in [0.25, 0.3) is 10.4 Å². The largest absolute Gasteiger partial charge is 0.368 e. The number of nitrogens with two attached hydrogens (primary N) is 1. The molecule has 0 unspecified atom stereocenters. The van der Waals surface area contributed by atoms with Gasteiger partial charge < -0.3 is 15.5 Å². The van der Waals surface area contributed by atoms with Crippen molar-refractivity contribution < 1.29 is 9.59 Å². The topological polar surface area (TPSA) is 79.5 Å². The van der Waals surface area contributed by atoms with Gasteiger partial charge in [0.25, 0.3) is 5.91 Å². The number of piperidine rings is 1. The van der Waals surface area contributed by atoms with Crippen LogP contribution in [0, 0.1) is 11.8 Å². The Bertz CT molecular complexity index is 833. The Morgan fingerprint density at radius 2 is 2.00 bits per heavy atom. The molecule has 0 bridgehead atoms. The zero-order valence-electron chi connectivity index (χ0n) is 14.2. The highest BCUT2D eigenvalue weighted by Gasteiger charge is 2.56. The number of carbonyl (C=O) groups is 2. The van der Waals surface area contributed by atoms with E-state index in [9.17, 15) is 9.59 Å². The first kappa shape index (κ1) is 16.1. The summed E-state index contributed by atoms with van der Waals surface area (Å²) in [5.41, 5.74) is 6.93. The smallest absolute Gasteiger partial charge is 0.274 e. The Morgan fingerprint density at radius 3 is 2.64 bits per heavy atom. The molecule has 1 aromatic carbocycles. The molecular formula is C18H20N4O2S. The Hall–Kier alpha value is -2.41. The van der Waals surface area contributed by atoms with E-state index >= 15 is 0 Å². The number of likely N-dealkylation sites (tertiary alicyclic amines) is 1. The lowest BCUT2D eigenvalue weighted by atomic mass is 10.1. The van der Waals surface area contributed by atoms with Crippen LogP contribution in [0.5, 0.6) is 0 Å². The molecule has 0 spiro atoms.